The van der Waals surface area contributed by atoms with Crippen LogP contribution in [0.25, 0.3) is 0 Å². The average molecular weight is 320 g/mol. The lowest BCUT2D eigenvalue weighted by molar-refractivity contribution is -0.132. The van der Waals surface area contributed by atoms with Crippen molar-refractivity contribution in [1.82, 2.24) is 5.32 Å². The first-order chi connectivity index (χ1) is 11.2. The largest absolute Gasteiger partial charge is 0.497 e. The van der Waals surface area contributed by atoms with Crippen LogP contribution in [0.4, 0.5) is 5.69 Å². The molecule has 0 saturated carbocycles. The van der Waals surface area contributed by atoms with Gasteiger partial charge in [-0.05, 0) is 37.8 Å². The van der Waals surface area contributed by atoms with E-state index in [-0.39, 0.29) is 12.0 Å². The fraction of sp³-hybridized carbons (Fsp3) is 0.611. The lowest BCUT2D eigenvalue weighted by atomic mass is 10.1. The quantitative estimate of drug-likeness (QED) is 0.799. The van der Waals surface area contributed by atoms with Gasteiger partial charge in [0, 0.05) is 38.0 Å². The number of carbonyl (C=O) groups is 1. The Bertz CT molecular complexity index is 507. The van der Waals surface area contributed by atoms with Crippen LogP contribution in [-0.4, -0.2) is 45.4 Å². The highest BCUT2D eigenvalue weighted by atomic mass is 16.5. The van der Waals surface area contributed by atoms with E-state index in [0.717, 1.165) is 25.3 Å². The molecule has 1 N–H and O–H groups in total. The molecule has 1 aromatic rings. The molecule has 1 aliphatic rings. The first kappa shape index (κ1) is 17.6. The minimum absolute atomic E-state index is 0.00850. The van der Waals surface area contributed by atoms with Gasteiger partial charge in [-0.25, -0.2) is 0 Å². The maximum absolute atomic E-state index is 12.1. The van der Waals surface area contributed by atoms with E-state index >= 15 is 0 Å². The number of ether oxygens (including phenoxy) is 2. The molecule has 2 rings (SSSR count). The van der Waals surface area contributed by atoms with Gasteiger partial charge in [-0.1, -0.05) is 13.0 Å². The third kappa shape index (κ3) is 4.86. The Morgan fingerprint density at radius 2 is 2.26 bits per heavy atom. The molecular formula is C18H28N2O3. The van der Waals surface area contributed by atoms with E-state index in [1.807, 2.05) is 26.0 Å². The third-order valence-electron chi connectivity index (χ3n) is 4.30. The Hall–Kier alpha value is -1.75. The van der Waals surface area contributed by atoms with Gasteiger partial charge in [0.1, 0.15) is 11.9 Å². The molecule has 0 radical (unpaired) electrons. The lowest BCUT2D eigenvalue weighted by Crippen LogP contribution is -2.39. The number of methoxy groups -OCH3 is 1. The van der Waals surface area contributed by atoms with E-state index in [0.29, 0.717) is 25.5 Å². The van der Waals surface area contributed by atoms with Gasteiger partial charge in [-0.15, -0.1) is 0 Å². The molecular weight excluding hydrogens is 292 g/mol. The molecule has 0 unspecified atom stereocenters. The Morgan fingerprint density at radius 1 is 1.43 bits per heavy atom. The highest BCUT2D eigenvalue weighted by Gasteiger charge is 2.24. The molecule has 128 valence electrons. The van der Waals surface area contributed by atoms with Crippen molar-refractivity contribution < 1.29 is 14.3 Å². The van der Waals surface area contributed by atoms with Crippen LogP contribution < -0.4 is 15.0 Å². The van der Waals surface area contributed by atoms with Crippen molar-refractivity contribution in [3.8, 4) is 5.75 Å². The average Bonchev–Trinajstić information content (AvgIpc) is 3.06. The first-order valence-corrected chi connectivity index (χ1v) is 8.46. The number of nitrogens with one attached hydrogen (secondary N) is 1. The van der Waals surface area contributed by atoms with Crippen LogP contribution in [0.2, 0.25) is 0 Å². The molecule has 1 fully saturated rings. The molecule has 0 bridgehead atoms. The van der Waals surface area contributed by atoms with Crippen LogP contribution in [0, 0.1) is 5.92 Å². The summed E-state index contributed by atoms with van der Waals surface area (Å²) in [4.78, 5) is 14.4. The van der Waals surface area contributed by atoms with Gasteiger partial charge < -0.3 is 19.7 Å². The van der Waals surface area contributed by atoms with Crippen molar-refractivity contribution in [2.75, 3.05) is 38.3 Å². The van der Waals surface area contributed by atoms with Crippen molar-refractivity contribution in [1.29, 1.82) is 0 Å². The highest BCUT2D eigenvalue weighted by molar-refractivity contribution is 5.80. The fourth-order valence-corrected chi connectivity index (χ4v) is 2.98. The summed E-state index contributed by atoms with van der Waals surface area (Å²) in [6.45, 7) is 7.13. The summed E-state index contributed by atoms with van der Waals surface area (Å²) in [6.07, 6.45) is 1.47. The van der Waals surface area contributed by atoms with Gasteiger partial charge in [0.2, 0.25) is 5.91 Å². The highest BCUT2D eigenvalue weighted by Crippen LogP contribution is 2.26. The van der Waals surface area contributed by atoms with Gasteiger partial charge in [0.05, 0.1) is 7.11 Å². The second kappa shape index (κ2) is 8.77. The number of hydrogen-bond acceptors (Lipinski definition) is 4. The number of hydrogen-bond donors (Lipinski definition) is 1. The number of rotatable bonds is 8. The molecule has 1 amide bonds. The predicted octanol–water partition coefficient (Wildman–Crippen LogP) is 2.45. The second-order valence-corrected chi connectivity index (χ2v) is 5.90. The molecule has 1 saturated heterocycles. The SMILES string of the molecule is CCO[C@@H](CC)C(=O)NC[C@H]1CCN(c2cccc(OC)c2)C1. The number of anilines is 1. The van der Waals surface area contributed by atoms with Gasteiger partial charge in [0.15, 0.2) is 0 Å². The summed E-state index contributed by atoms with van der Waals surface area (Å²) in [7, 11) is 1.68. The predicted molar refractivity (Wildman–Crippen MR) is 92.0 cm³/mol. The van der Waals surface area contributed by atoms with E-state index in [4.69, 9.17) is 9.47 Å². The summed E-state index contributed by atoms with van der Waals surface area (Å²) >= 11 is 0. The minimum Gasteiger partial charge on any atom is -0.497 e. The van der Waals surface area contributed by atoms with E-state index < -0.39 is 0 Å². The van der Waals surface area contributed by atoms with Crippen LogP contribution in [0.15, 0.2) is 24.3 Å². The van der Waals surface area contributed by atoms with Crippen molar-refractivity contribution in [2.45, 2.75) is 32.8 Å². The van der Waals surface area contributed by atoms with Crippen molar-refractivity contribution >= 4 is 11.6 Å². The van der Waals surface area contributed by atoms with Gasteiger partial charge in [0.25, 0.3) is 0 Å². The molecule has 2 atom stereocenters. The summed E-state index contributed by atoms with van der Waals surface area (Å²) in [5.41, 5.74) is 1.18. The van der Waals surface area contributed by atoms with Crippen LogP contribution in [0.3, 0.4) is 0 Å². The Morgan fingerprint density at radius 3 is 2.96 bits per heavy atom. The van der Waals surface area contributed by atoms with Gasteiger partial charge in [-0.2, -0.15) is 0 Å². The standard InChI is InChI=1S/C18H28N2O3/c1-4-17(23-5-2)18(21)19-12-14-9-10-20(13-14)15-7-6-8-16(11-15)22-3/h6-8,11,14,17H,4-5,9-10,12-13H2,1-3H3,(H,19,21)/t14-,17+/m1/s1. The van der Waals surface area contributed by atoms with Crippen molar-refractivity contribution in [3.63, 3.8) is 0 Å². The lowest BCUT2D eigenvalue weighted by Gasteiger charge is -2.20. The number of carbonyl (C=O) groups excluding carboxylic acids is 1. The van der Waals surface area contributed by atoms with Crippen LogP contribution in [-0.2, 0) is 9.53 Å². The van der Waals surface area contributed by atoms with Crippen molar-refractivity contribution in [3.05, 3.63) is 24.3 Å². The molecule has 0 aromatic heterocycles. The van der Waals surface area contributed by atoms with E-state index in [9.17, 15) is 4.79 Å². The molecule has 1 heterocycles. The van der Waals surface area contributed by atoms with Crippen LogP contribution in [0.5, 0.6) is 5.75 Å². The molecule has 1 aliphatic heterocycles. The van der Waals surface area contributed by atoms with Gasteiger partial charge in [-0.3, -0.25) is 4.79 Å². The first-order valence-electron chi connectivity index (χ1n) is 8.46. The third-order valence-corrected chi connectivity index (χ3v) is 4.30. The molecule has 23 heavy (non-hydrogen) atoms. The second-order valence-electron chi connectivity index (χ2n) is 5.90. The minimum atomic E-state index is -0.323. The normalized spacial score (nSPS) is 18.7. The molecule has 5 heteroatoms. The smallest absolute Gasteiger partial charge is 0.249 e. The van der Waals surface area contributed by atoms with E-state index in [1.165, 1.54) is 5.69 Å². The Balaban J connectivity index is 1.82. The zero-order valence-corrected chi connectivity index (χ0v) is 14.4. The molecule has 1 aromatic carbocycles. The Kier molecular flexibility index (Phi) is 6.71. The monoisotopic (exact) mass is 320 g/mol. The summed E-state index contributed by atoms with van der Waals surface area (Å²) < 4.78 is 10.7. The van der Waals surface area contributed by atoms with Crippen molar-refractivity contribution in [2.24, 2.45) is 5.92 Å². The Labute approximate surface area is 139 Å². The van der Waals surface area contributed by atoms with E-state index in [1.54, 1.807) is 7.11 Å². The van der Waals surface area contributed by atoms with Crippen LogP contribution in [0.1, 0.15) is 26.7 Å². The zero-order valence-electron chi connectivity index (χ0n) is 14.4. The summed E-state index contributed by atoms with van der Waals surface area (Å²) in [5, 5.41) is 3.04. The summed E-state index contributed by atoms with van der Waals surface area (Å²) in [6, 6.07) is 8.13. The zero-order chi connectivity index (χ0) is 16.7. The maximum atomic E-state index is 12.1. The molecule has 0 spiro atoms. The van der Waals surface area contributed by atoms with Crippen LogP contribution >= 0.6 is 0 Å². The fourth-order valence-electron chi connectivity index (χ4n) is 2.98. The topological polar surface area (TPSA) is 50.8 Å². The van der Waals surface area contributed by atoms with Gasteiger partial charge >= 0.3 is 0 Å². The number of amides is 1. The number of nitrogens with zero attached hydrogens (tertiary/aromatic N) is 1. The molecule has 5 nitrogen and oxygen atoms in total. The molecule has 0 aliphatic carbocycles. The summed E-state index contributed by atoms with van der Waals surface area (Å²) in [5.74, 6) is 1.36. The van der Waals surface area contributed by atoms with E-state index in [2.05, 4.69) is 22.3 Å². The number of benzene rings is 1. The maximum Gasteiger partial charge on any atom is 0.249 e.